The Morgan fingerprint density at radius 3 is 3.05 bits per heavy atom. The van der Waals surface area contributed by atoms with Gasteiger partial charge >= 0.3 is 5.97 Å². The Kier molecular flexibility index (Phi) is 3.96. The van der Waals surface area contributed by atoms with Crippen molar-refractivity contribution in [2.24, 2.45) is 0 Å². The number of thiazole rings is 1. The molecule has 1 aliphatic rings. The first-order valence-corrected chi connectivity index (χ1v) is 7.52. The minimum Gasteiger partial charge on any atom is -0.480 e. The lowest BCUT2D eigenvalue weighted by atomic mass is 10.2. The van der Waals surface area contributed by atoms with Crippen molar-refractivity contribution in [2.75, 3.05) is 6.54 Å². The lowest BCUT2D eigenvalue weighted by Crippen LogP contribution is -2.35. The first-order valence-electron chi connectivity index (χ1n) is 6.64. The van der Waals surface area contributed by atoms with Crippen molar-refractivity contribution in [2.45, 2.75) is 25.1 Å². The van der Waals surface area contributed by atoms with E-state index in [1.165, 1.54) is 11.3 Å². The fourth-order valence-electron chi connectivity index (χ4n) is 2.51. The normalized spacial score (nSPS) is 22.5. The molecule has 0 amide bonds. The highest BCUT2D eigenvalue weighted by Crippen LogP contribution is 2.25. The molecule has 1 saturated heterocycles. The molecule has 0 aromatic carbocycles. The van der Waals surface area contributed by atoms with Crippen molar-refractivity contribution in [1.29, 1.82) is 0 Å². The number of likely N-dealkylation sites (tertiary alicyclic amines) is 1. The Balaban J connectivity index is 1.74. The topological polar surface area (TPSA) is 86.5 Å². The van der Waals surface area contributed by atoms with Gasteiger partial charge in [0.25, 0.3) is 0 Å². The van der Waals surface area contributed by atoms with Crippen LogP contribution in [0.25, 0.3) is 10.7 Å². The largest absolute Gasteiger partial charge is 0.480 e. The summed E-state index contributed by atoms with van der Waals surface area (Å²) in [6, 6.07) is 5.00. The Morgan fingerprint density at radius 2 is 2.33 bits per heavy atom. The van der Waals surface area contributed by atoms with Gasteiger partial charge in [-0.25, -0.2) is 4.98 Å². The first kappa shape index (κ1) is 14.1. The molecule has 0 spiro atoms. The quantitative estimate of drug-likeness (QED) is 0.883. The summed E-state index contributed by atoms with van der Waals surface area (Å²) < 4.78 is 0. The summed E-state index contributed by atoms with van der Waals surface area (Å²) in [6.45, 7) is 0.796. The second kappa shape index (κ2) is 5.88. The van der Waals surface area contributed by atoms with E-state index in [0.29, 0.717) is 13.1 Å². The van der Waals surface area contributed by atoms with Crippen molar-refractivity contribution < 1.29 is 15.0 Å². The van der Waals surface area contributed by atoms with Gasteiger partial charge in [-0.2, -0.15) is 0 Å². The Labute approximate surface area is 125 Å². The average Bonchev–Trinajstić information content (AvgIpc) is 3.07. The molecule has 2 aromatic heterocycles. The molecule has 21 heavy (non-hydrogen) atoms. The van der Waals surface area contributed by atoms with Crippen molar-refractivity contribution in [1.82, 2.24) is 14.9 Å². The van der Waals surface area contributed by atoms with Crippen molar-refractivity contribution in [3.8, 4) is 10.7 Å². The summed E-state index contributed by atoms with van der Waals surface area (Å²) in [5.41, 5.74) is 1.62. The summed E-state index contributed by atoms with van der Waals surface area (Å²) >= 11 is 1.49. The maximum absolute atomic E-state index is 11.2. The van der Waals surface area contributed by atoms with Crippen molar-refractivity contribution >= 4 is 17.3 Å². The van der Waals surface area contributed by atoms with Crippen LogP contribution in [0.2, 0.25) is 0 Å². The number of carboxylic acid groups (broad SMARTS) is 1. The second-order valence-electron chi connectivity index (χ2n) is 5.03. The van der Waals surface area contributed by atoms with Crippen LogP contribution in [0.4, 0.5) is 0 Å². The highest BCUT2D eigenvalue weighted by Gasteiger charge is 2.36. The molecule has 2 N–H and O–H groups in total. The highest BCUT2D eigenvalue weighted by molar-refractivity contribution is 7.13. The number of rotatable bonds is 4. The molecular formula is C14H15N3O3S. The SMILES string of the molecule is O=C(O)C1CC(O)CN1Cc1csc(-c2ccccn2)n1. The summed E-state index contributed by atoms with van der Waals surface area (Å²) in [5.74, 6) is -0.897. The molecule has 110 valence electrons. The zero-order valence-corrected chi connectivity index (χ0v) is 12.0. The van der Waals surface area contributed by atoms with E-state index in [9.17, 15) is 15.0 Å². The summed E-state index contributed by atoms with van der Waals surface area (Å²) in [4.78, 5) is 21.7. The molecule has 2 unspecified atom stereocenters. The third kappa shape index (κ3) is 3.10. The molecule has 0 saturated carbocycles. The van der Waals surface area contributed by atoms with E-state index >= 15 is 0 Å². The van der Waals surface area contributed by atoms with Gasteiger partial charge in [0.15, 0.2) is 0 Å². The van der Waals surface area contributed by atoms with E-state index in [0.717, 1.165) is 16.4 Å². The Bertz CT molecular complexity index is 631. The second-order valence-corrected chi connectivity index (χ2v) is 5.89. The predicted molar refractivity (Wildman–Crippen MR) is 77.8 cm³/mol. The number of hydrogen-bond acceptors (Lipinski definition) is 6. The van der Waals surface area contributed by atoms with Crippen LogP contribution in [0, 0.1) is 0 Å². The number of pyridine rings is 1. The third-order valence-corrected chi connectivity index (χ3v) is 4.38. The standard InChI is InChI=1S/C14H15N3O3S/c18-10-5-12(14(19)20)17(7-10)6-9-8-21-13(16-9)11-3-1-2-4-15-11/h1-4,8,10,12,18H,5-7H2,(H,19,20). The number of carboxylic acids is 1. The number of aliphatic hydroxyl groups is 1. The van der Waals surface area contributed by atoms with Crippen LogP contribution in [-0.4, -0.2) is 49.7 Å². The lowest BCUT2D eigenvalue weighted by molar-refractivity contribution is -0.142. The average molecular weight is 305 g/mol. The summed E-state index contributed by atoms with van der Waals surface area (Å²) in [6.07, 6.45) is 1.40. The van der Waals surface area contributed by atoms with Crippen LogP contribution in [0.1, 0.15) is 12.1 Å². The Hall–Kier alpha value is -1.83. The zero-order chi connectivity index (χ0) is 14.8. The number of aliphatic hydroxyl groups excluding tert-OH is 1. The molecule has 7 heteroatoms. The number of aliphatic carboxylic acids is 1. The third-order valence-electron chi connectivity index (χ3n) is 3.47. The number of nitrogens with zero attached hydrogens (tertiary/aromatic N) is 3. The maximum atomic E-state index is 11.2. The van der Waals surface area contributed by atoms with Crippen molar-refractivity contribution in [3.05, 3.63) is 35.5 Å². The number of aromatic nitrogens is 2. The Morgan fingerprint density at radius 1 is 1.48 bits per heavy atom. The fourth-order valence-corrected chi connectivity index (χ4v) is 3.29. The summed E-state index contributed by atoms with van der Waals surface area (Å²) in [7, 11) is 0. The maximum Gasteiger partial charge on any atom is 0.321 e. The van der Waals surface area contributed by atoms with Crippen molar-refractivity contribution in [3.63, 3.8) is 0 Å². The minimum absolute atomic E-state index is 0.270. The molecule has 2 atom stereocenters. The van der Waals surface area contributed by atoms with E-state index in [1.54, 1.807) is 11.1 Å². The van der Waals surface area contributed by atoms with Gasteiger partial charge in [0.1, 0.15) is 11.0 Å². The number of hydrogen-bond donors (Lipinski definition) is 2. The van der Waals surface area contributed by atoms with Gasteiger partial charge in [-0.15, -0.1) is 11.3 Å². The van der Waals surface area contributed by atoms with Gasteiger partial charge in [-0.3, -0.25) is 14.7 Å². The van der Waals surface area contributed by atoms with Crippen LogP contribution >= 0.6 is 11.3 Å². The lowest BCUT2D eigenvalue weighted by Gasteiger charge is -2.19. The molecule has 3 heterocycles. The first-order chi connectivity index (χ1) is 10.1. The van der Waals surface area contributed by atoms with Gasteiger partial charge in [-0.1, -0.05) is 6.07 Å². The smallest absolute Gasteiger partial charge is 0.321 e. The van der Waals surface area contributed by atoms with Gasteiger partial charge < -0.3 is 10.2 Å². The van der Waals surface area contributed by atoms with E-state index < -0.39 is 18.1 Å². The van der Waals surface area contributed by atoms with E-state index in [1.807, 2.05) is 23.6 Å². The zero-order valence-electron chi connectivity index (χ0n) is 11.2. The highest BCUT2D eigenvalue weighted by atomic mass is 32.1. The van der Waals surface area contributed by atoms with Gasteiger partial charge in [0, 0.05) is 31.1 Å². The van der Waals surface area contributed by atoms with Gasteiger partial charge in [-0.05, 0) is 12.1 Å². The van der Waals surface area contributed by atoms with E-state index in [4.69, 9.17) is 0 Å². The number of carbonyl (C=O) groups is 1. The van der Waals surface area contributed by atoms with Crippen LogP contribution in [0.5, 0.6) is 0 Å². The summed E-state index contributed by atoms with van der Waals surface area (Å²) in [5, 5.41) is 21.6. The van der Waals surface area contributed by atoms with Gasteiger partial charge in [0.2, 0.25) is 0 Å². The minimum atomic E-state index is -0.897. The molecule has 1 fully saturated rings. The molecule has 6 nitrogen and oxygen atoms in total. The monoisotopic (exact) mass is 305 g/mol. The van der Waals surface area contributed by atoms with Crippen LogP contribution < -0.4 is 0 Å². The molecule has 0 bridgehead atoms. The number of β-amino-alcohol motifs (C(OH)–C–C–N with tert-alkyl or cyclic N) is 1. The molecule has 1 aliphatic heterocycles. The van der Waals surface area contributed by atoms with Crippen LogP contribution in [0.15, 0.2) is 29.8 Å². The fraction of sp³-hybridized carbons (Fsp3) is 0.357. The molecule has 2 aromatic rings. The van der Waals surface area contributed by atoms with Gasteiger partial charge in [0.05, 0.1) is 17.5 Å². The molecule has 0 aliphatic carbocycles. The van der Waals surface area contributed by atoms with E-state index in [2.05, 4.69) is 9.97 Å². The predicted octanol–water partition coefficient (Wildman–Crippen LogP) is 1.22. The van der Waals surface area contributed by atoms with Crippen LogP contribution in [-0.2, 0) is 11.3 Å². The van der Waals surface area contributed by atoms with E-state index in [-0.39, 0.29) is 6.42 Å². The van der Waals surface area contributed by atoms with Crippen LogP contribution in [0.3, 0.4) is 0 Å². The molecular weight excluding hydrogens is 290 g/mol. The molecule has 0 radical (unpaired) electrons. The molecule has 3 rings (SSSR count).